The highest BCUT2D eigenvalue weighted by molar-refractivity contribution is 5.78. The summed E-state index contributed by atoms with van der Waals surface area (Å²) in [4.78, 5) is 24.0. The first-order valence-electron chi connectivity index (χ1n) is 6.42. The van der Waals surface area contributed by atoms with E-state index in [2.05, 4.69) is 10.6 Å². The summed E-state index contributed by atoms with van der Waals surface area (Å²) in [5, 5.41) is 5.26. The van der Waals surface area contributed by atoms with Gasteiger partial charge in [0.25, 0.3) is 0 Å². The Morgan fingerprint density at radius 3 is 2.50 bits per heavy atom. The van der Waals surface area contributed by atoms with Crippen LogP contribution in [0, 0.1) is 5.82 Å². The Bertz CT molecular complexity index is 465. The Balaban J connectivity index is 2.28. The molecule has 1 aromatic rings. The molecule has 0 aromatic heterocycles. The van der Waals surface area contributed by atoms with Gasteiger partial charge in [0.1, 0.15) is 5.82 Å². The van der Waals surface area contributed by atoms with Crippen LogP contribution in [-0.4, -0.2) is 43.4 Å². The molecule has 0 saturated carbocycles. The van der Waals surface area contributed by atoms with Gasteiger partial charge < -0.3 is 10.6 Å². The Morgan fingerprint density at radius 2 is 1.85 bits per heavy atom. The lowest BCUT2D eigenvalue weighted by atomic mass is 10.2. The minimum atomic E-state index is -0.273. The molecule has 110 valence electrons. The Hall–Kier alpha value is -1.95. The molecule has 1 aromatic carbocycles. The van der Waals surface area contributed by atoms with Crippen LogP contribution < -0.4 is 10.6 Å². The summed E-state index contributed by atoms with van der Waals surface area (Å²) in [5.74, 6) is -0.560. The van der Waals surface area contributed by atoms with Crippen LogP contribution in [0.3, 0.4) is 0 Å². The van der Waals surface area contributed by atoms with Crippen molar-refractivity contribution in [2.24, 2.45) is 0 Å². The maximum Gasteiger partial charge on any atom is 0.234 e. The van der Waals surface area contributed by atoms with Gasteiger partial charge in [-0.2, -0.15) is 0 Å². The zero-order chi connectivity index (χ0) is 15.0. The number of benzene rings is 1. The number of halogens is 1. The number of nitrogens with zero attached hydrogens (tertiary/aromatic N) is 1. The Morgan fingerprint density at radius 1 is 1.20 bits per heavy atom. The molecule has 0 spiro atoms. The van der Waals surface area contributed by atoms with Crippen LogP contribution in [0.5, 0.6) is 0 Å². The standard InChI is InChI=1S/C14H20FN3O2/c1-11(19)16-7-8-17-14(20)10-18(2)9-12-5-3-4-6-13(12)15/h3-6H,7-10H2,1-2H3,(H,16,19)(H,17,20). The van der Waals surface area contributed by atoms with Crippen LogP contribution in [0.15, 0.2) is 24.3 Å². The number of hydrogen-bond acceptors (Lipinski definition) is 3. The quantitative estimate of drug-likeness (QED) is 0.716. The molecule has 5 nitrogen and oxygen atoms in total. The van der Waals surface area contributed by atoms with E-state index in [0.717, 1.165) is 0 Å². The summed E-state index contributed by atoms with van der Waals surface area (Å²) in [7, 11) is 1.75. The molecule has 0 aliphatic rings. The zero-order valence-corrected chi connectivity index (χ0v) is 11.8. The average Bonchev–Trinajstić information content (AvgIpc) is 2.37. The van der Waals surface area contributed by atoms with E-state index >= 15 is 0 Å². The second-order valence-corrected chi connectivity index (χ2v) is 4.60. The van der Waals surface area contributed by atoms with Crippen LogP contribution in [0.1, 0.15) is 12.5 Å². The lowest BCUT2D eigenvalue weighted by Gasteiger charge is -2.16. The van der Waals surface area contributed by atoms with Gasteiger partial charge in [-0.3, -0.25) is 14.5 Å². The minimum absolute atomic E-state index is 0.129. The van der Waals surface area contributed by atoms with Crippen LogP contribution in [-0.2, 0) is 16.1 Å². The van der Waals surface area contributed by atoms with E-state index in [1.165, 1.54) is 13.0 Å². The molecule has 0 heterocycles. The fourth-order valence-electron chi connectivity index (χ4n) is 1.71. The van der Waals surface area contributed by atoms with E-state index in [9.17, 15) is 14.0 Å². The Labute approximate surface area is 118 Å². The van der Waals surface area contributed by atoms with E-state index in [1.807, 2.05) is 0 Å². The number of carbonyl (C=O) groups is 2. The normalized spacial score (nSPS) is 10.4. The van der Waals surface area contributed by atoms with Crippen molar-refractivity contribution >= 4 is 11.8 Å². The highest BCUT2D eigenvalue weighted by Gasteiger charge is 2.09. The van der Waals surface area contributed by atoms with Crippen molar-refractivity contribution in [1.29, 1.82) is 0 Å². The number of likely N-dealkylation sites (N-methyl/N-ethyl adjacent to an activating group) is 1. The third-order valence-electron chi connectivity index (χ3n) is 2.63. The van der Waals surface area contributed by atoms with Crippen LogP contribution in [0.2, 0.25) is 0 Å². The van der Waals surface area contributed by atoms with Crippen LogP contribution in [0.25, 0.3) is 0 Å². The molecule has 0 fully saturated rings. The first-order chi connectivity index (χ1) is 9.49. The number of carbonyl (C=O) groups excluding carboxylic acids is 2. The summed E-state index contributed by atoms with van der Waals surface area (Å²) < 4.78 is 13.4. The molecule has 1 rings (SSSR count). The highest BCUT2D eigenvalue weighted by atomic mass is 19.1. The molecule has 20 heavy (non-hydrogen) atoms. The van der Waals surface area contributed by atoms with Gasteiger partial charge in [-0.05, 0) is 13.1 Å². The van der Waals surface area contributed by atoms with Gasteiger partial charge in [0.15, 0.2) is 0 Å². The minimum Gasteiger partial charge on any atom is -0.355 e. The molecule has 2 N–H and O–H groups in total. The lowest BCUT2D eigenvalue weighted by Crippen LogP contribution is -2.39. The van der Waals surface area contributed by atoms with Gasteiger partial charge in [0.05, 0.1) is 6.54 Å². The summed E-state index contributed by atoms with van der Waals surface area (Å²) in [6.45, 7) is 2.74. The van der Waals surface area contributed by atoms with E-state index in [-0.39, 0.29) is 24.2 Å². The fraction of sp³-hybridized carbons (Fsp3) is 0.429. The molecule has 0 aliphatic heterocycles. The van der Waals surface area contributed by atoms with Crippen LogP contribution >= 0.6 is 0 Å². The highest BCUT2D eigenvalue weighted by Crippen LogP contribution is 2.08. The molecule has 2 amide bonds. The SMILES string of the molecule is CC(=O)NCCNC(=O)CN(C)Cc1ccccc1F. The molecule has 0 radical (unpaired) electrons. The lowest BCUT2D eigenvalue weighted by molar-refractivity contribution is -0.122. The predicted octanol–water partition coefficient (Wildman–Crippen LogP) is 0.510. The van der Waals surface area contributed by atoms with Crippen LogP contribution in [0.4, 0.5) is 4.39 Å². The molecule has 0 atom stereocenters. The maximum absolute atomic E-state index is 13.4. The topological polar surface area (TPSA) is 61.4 Å². The predicted molar refractivity (Wildman–Crippen MR) is 74.4 cm³/mol. The van der Waals surface area contributed by atoms with E-state index in [0.29, 0.717) is 25.2 Å². The summed E-state index contributed by atoms with van der Waals surface area (Å²) in [6.07, 6.45) is 0. The van der Waals surface area contributed by atoms with E-state index in [1.54, 1.807) is 30.1 Å². The van der Waals surface area contributed by atoms with Gasteiger partial charge in [0, 0.05) is 32.1 Å². The third-order valence-corrected chi connectivity index (χ3v) is 2.63. The zero-order valence-electron chi connectivity index (χ0n) is 11.8. The van der Waals surface area contributed by atoms with E-state index in [4.69, 9.17) is 0 Å². The second kappa shape index (κ2) is 8.27. The molecule has 0 bridgehead atoms. The average molecular weight is 281 g/mol. The van der Waals surface area contributed by atoms with E-state index < -0.39 is 0 Å². The largest absolute Gasteiger partial charge is 0.355 e. The number of nitrogens with one attached hydrogen (secondary N) is 2. The van der Waals surface area contributed by atoms with Gasteiger partial charge in [-0.25, -0.2) is 4.39 Å². The monoisotopic (exact) mass is 281 g/mol. The number of rotatable bonds is 7. The van der Waals surface area contributed by atoms with Gasteiger partial charge in [-0.15, -0.1) is 0 Å². The van der Waals surface area contributed by atoms with Crippen molar-refractivity contribution in [2.45, 2.75) is 13.5 Å². The molecule has 0 aliphatic carbocycles. The number of amides is 2. The smallest absolute Gasteiger partial charge is 0.234 e. The summed E-state index contributed by atoms with van der Waals surface area (Å²) in [6, 6.07) is 6.49. The molecular formula is C14H20FN3O2. The molecule has 0 saturated heterocycles. The second-order valence-electron chi connectivity index (χ2n) is 4.60. The summed E-state index contributed by atoms with van der Waals surface area (Å²) >= 11 is 0. The van der Waals surface area contributed by atoms with Crippen molar-refractivity contribution < 1.29 is 14.0 Å². The van der Waals surface area contributed by atoms with Gasteiger partial charge >= 0.3 is 0 Å². The maximum atomic E-state index is 13.4. The van der Waals surface area contributed by atoms with Gasteiger partial charge in [0.2, 0.25) is 11.8 Å². The molecule has 0 unspecified atom stereocenters. The fourth-order valence-corrected chi connectivity index (χ4v) is 1.71. The van der Waals surface area contributed by atoms with Crippen molar-refractivity contribution in [2.75, 3.05) is 26.7 Å². The first-order valence-corrected chi connectivity index (χ1v) is 6.42. The molecular weight excluding hydrogens is 261 g/mol. The Kier molecular flexibility index (Phi) is 6.66. The van der Waals surface area contributed by atoms with Crippen molar-refractivity contribution in [3.63, 3.8) is 0 Å². The first kappa shape index (κ1) is 16.1. The van der Waals surface area contributed by atoms with Crippen molar-refractivity contribution in [3.8, 4) is 0 Å². The third kappa shape index (κ3) is 6.29. The van der Waals surface area contributed by atoms with Crippen molar-refractivity contribution in [1.82, 2.24) is 15.5 Å². The number of hydrogen-bond donors (Lipinski definition) is 2. The molecule has 6 heteroatoms. The summed E-state index contributed by atoms with van der Waals surface area (Å²) in [5.41, 5.74) is 0.557. The van der Waals surface area contributed by atoms with Crippen molar-refractivity contribution in [3.05, 3.63) is 35.6 Å². The van der Waals surface area contributed by atoms with Gasteiger partial charge in [-0.1, -0.05) is 18.2 Å².